The zero-order valence-corrected chi connectivity index (χ0v) is 15.4. The summed E-state index contributed by atoms with van der Waals surface area (Å²) in [6.45, 7) is 0. The molecule has 0 aliphatic heterocycles. The van der Waals surface area contributed by atoms with Crippen molar-refractivity contribution in [2.75, 3.05) is 12.5 Å². The molecule has 1 amide bonds. The largest absolute Gasteiger partial charge is 0.496 e. The fourth-order valence-corrected chi connectivity index (χ4v) is 2.97. The smallest absolute Gasteiger partial charge is 0.283 e. The van der Waals surface area contributed by atoms with E-state index in [1.54, 1.807) is 48.5 Å². The lowest BCUT2D eigenvalue weighted by Crippen LogP contribution is -2.33. The molecule has 0 unspecified atom stereocenters. The van der Waals surface area contributed by atoms with Gasteiger partial charge in [0.05, 0.1) is 24.6 Å². The van der Waals surface area contributed by atoms with Crippen LogP contribution in [-0.2, 0) is 0 Å². The molecule has 2 heterocycles. The summed E-state index contributed by atoms with van der Waals surface area (Å²) in [5.74, 6) is -0.0983. The average Bonchev–Trinajstić information content (AvgIpc) is 3.15. The SMILES string of the molecule is COc1ccccc1C(=O)Nn1cnc2c(cnn2-c2cccc(Cl)c2)c1=O. The van der Waals surface area contributed by atoms with E-state index in [9.17, 15) is 9.59 Å². The third kappa shape index (κ3) is 3.10. The Bertz CT molecular complexity index is 1250. The number of hydrogen-bond acceptors (Lipinski definition) is 5. The molecule has 0 radical (unpaired) electrons. The molecule has 0 saturated heterocycles. The number of aromatic nitrogens is 4. The summed E-state index contributed by atoms with van der Waals surface area (Å²) >= 11 is 6.02. The molecule has 0 atom stereocenters. The van der Waals surface area contributed by atoms with Gasteiger partial charge in [0.1, 0.15) is 17.5 Å². The topological polar surface area (TPSA) is 91.0 Å². The van der Waals surface area contributed by atoms with Crippen LogP contribution in [0.25, 0.3) is 16.7 Å². The van der Waals surface area contributed by atoms with Crippen molar-refractivity contribution in [2.24, 2.45) is 0 Å². The van der Waals surface area contributed by atoms with Gasteiger partial charge in [-0.3, -0.25) is 15.0 Å². The number of carbonyl (C=O) groups is 1. The monoisotopic (exact) mass is 395 g/mol. The first-order valence-electron chi connectivity index (χ1n) is 8.24. The number of hydrogen-bond donors (Lipinski definition) is 1. The van der Waals surface area contributed by atoms with E-state index >= 15 is 0 Å². The quantitative estimate of drug-likeness (QED) is 0.573. The van der Waals surface area contributed by atoms with Gasteiger partial charge in [-0.25, -0.2) is 14.3 Å². The summed E-state index contributed by atoms with van der Waals surface area (Å²) in [6.07, 6.45) is 2.64. The Balaban J connectivity index is 1.71. The molecule has 9 heteroatoms. The van der Waals surface area contributed by atoms with Gasteiger partial charge in [0, 0.05) is 5.02 Å². The number of carbonyl (C=O) groups excluding carboxylic acids is 1. The van der Waals surface area contributed by atoms with Gasteiger partial charge in [-0.15, -0.1) is 0 Å². The summed E-state index contributed by atoms with van der Waals surface area (Å²) in [6, 6.07) is 13.7. The molecule has 8 nitrogen and oxygen atoms in total. The Labute approximate surface area is 163 Å². The lowest BCUT2D eigenvalue weighted by Gasteiger charge is -2.10. The number of ether oxygens (including phenoxy) is 1. The molecule has 2 aromatic heterocycles. The van der Waals surface area contributed by atoms with Gasteiger partial charge in [0.15, 0.2) is 5.65 Å². The van der Waals surface area contributed by atoms with E-state index in [1.807, 2.05) is 0 Å². The first kappa shape index (κ1) is 17.7. The van der Waals surface area contributed by atoms with Crippen LogP contribution >= 0.6 is 11.6 Å². The highest BCUT2D eigenvalue weighted by Gasteiger charge is 2.15. The molecule has 2 aromatic carbocycles. The molecule has 0 bridgehead atoms. The predicted octanol–water partition coefficient (Wildman–Crippen LogP) is 2.63. The molecule has 140 valence electrons. The Morgan fingerprint density at radius 3 is 2.79 bits per heavy atom. The first-order valence-corrected chi connectivity index (χ1v) is 8.62. The van der Waals surface area contributed by atoms with Crippen LogP contribution in [0.15, 0.2) is 65.8 Å². The van der Waals surface area contributed by atoms with E-state index in [-0.39, 0.29) is 5.39 Å². The summed E-state index contributed by atoms with van der Waals surface area (Å²) < 4.78 is 7.70. The molecule has 0 aliphatic carbocycles. The van der Waals surface area contributed by atoms with Crippen molar-refractivity contribution in [1.82, 2.24) is 19.4 Å². The molecule has 1 N–H and O–H groups in total. The van der Waals surface area contributed by atoms with E-state index in [0.717, 1.165) is 4.68 Å². The number of rotatable bonds is 4. The number of methoxy groups -OCH3 is 1. The number of fused-ring (bicyclic) bond motifs is 1. The van der Waals surface area contributed by atoms with Crippen LogP contribution in [-0.4, -0.2) is 32.5 Å². The van der Waals surface area contributed by atoms with Crippen LogP contribution < -0.4 is 15.7 Å². The van der Waals surface area contributed by atoms with Crippen molar-refractivity contribution in [3.63, 3.8) is 0 Å². The van der Waals surface area contributed by atoms with Gasteiger partial charge < -0.3 is 4.74 Å². The van der Waals surface area contributed by atoms with Crippen molar-refractivity contribution in [2.45, 2.75) is 0 Å². The summed E-state index contributed by atoms with van der Waals surface area (Å²) in [7, 11) is 1.47. The van der Waals surface area contributed by atoms with Crippen LogP contribution in [0.5, 0.6) is 5.75 Å². The number of nitrogens with zero attached hydrogens (tertiary/aromatic N) is 4. The highest BCUT2D eigenvalue weighted by Crippen LogP contribution is 2.18. The van der Waals surface area contributed by atoms with E-state index in [1.165, 1.54) is 24.3 Å². The van der Waals surface area contributed by atoms with Crippen LogP contribution in [0.1, 0.15) is 10.4 Å². The molecular formula is C19H14ClN5O3. The number of amides is 1. The van der Waals surface area contributed by atoms with Crippen LogP contribution in [0, 0.1) is 0 Å². The molecule has 0 spiro atoms. The highest BCUT2D eigenvalue weighted by atomic mass is 35.5. The summed E-state index contributed by atoms with van der Waals surface area (Å²) in [5.41, 5.74) is 3.38. The maximum atomic E-state index is 12.8. The minimum Gasteiger partial charge on any atom is -0.496 e. The van der Waals surface area contributed by atoms with Gasteiger partial charge in [-0.2, -0.15) is 5.10 Å². The predicted molar refractivity (Wildman–Crippen MR) is 105 cm³/mol. The molecule has 4 rings (SSSR count). The third-order valence-electron chi connectivity index (χ3n) is 4.11. The molecule has 28 heavy (non-hydrogen) atoms. The second kappa shape index (κ2) is 7.16. The lowest BCUT2D eigenvalue weighted by atomic mass is 10.2. The van der Waals surface area contributed by atoms with Crippen LogP contribution in [0.3, 0.4) is 0 Å². The molecule has 0 aliphatic rings. The highest BCUT2D eigenvalue weighted by molar-refractivity contribution is 6.30. The lowest BCUT2D eigenvalue weighted by molar-refractivity contribution is 0.100. The fourth-order valence-electron chi connectivity index (χ4n) is 2.79. The van der Waals surface area contributed by atoms with Crippen molar-refractivity contribution in [3.8, 4) is 11.4 Å². The molecular weight excluding hydrogens is 382 g/mol. The zero-order chi connectivity index (χ0) is 19.7. The van der Waals surface area contributed by atoms with Crippen molar-refractivity contribution >= 4 is 28.5 Å². The number of halogens is 1. The van der Waals surface area contributed by atoms with Crippen molar-refractivity contribution in [3.05, 3.63) is 82.0 Å². The van der Waals surface area contributed by atoms with Gasteiger partial charge in [0.25, 0.3) is 11.5 Å². The Kier molecular flexibility index (Phi) is 4.54. The number of nitrogens with one attached hydrogen (secondary N) is 1. The fraction of sp³-hybridized carbons (Fsp3) is 0.0526. The van der Waals surface area contributed by atoms with E-state index in [0.29, 0.717) is 27.7 Å². The molecule has 0 fully saturated rings. The van der Waals surface area contributed by atoms with Crippen LogP contribution in [0.2, 0.25) is 5.02 Å². The van der Waals surface area contributed by atoms with Gasteiger partial charge in [-0.05, 0) is 30.3 Å². The minimum atomic E-state index is -0.497. The maximum absolute atomic E-state index is 12.8. The normalized spacial score (nSPS) is 10.8. The maximum Gasteiger partial charge on any atom is 0.283 e. The number of benzene rings is 2. The average molecular weight is 396 g/mol. The van der Waals surface area contributed by atoms with Crippen molar-refractivity contribution < 1.29 is 9.53 Å². The Hall–Kier alpha value is -3.65. The van der Waals surface area contributed by atoms with E-state index in [2.05, 4.69) is 15.5 Å². The standard InChI is InChI=1S/C19H14ClN5O3/c1-28-16-8-3-2-7-14(16)18(26)23-24-11-21-17-15(19(24)27)10-22-25(17)13-6-4-5-12(20)9-13/h2-11H,1H3,(H,23,26). The van der Waals surface area contributed by atoms with Gasteiger partial charge in [-0.1, -0.05) is 29.8 Å². The second-order valence-electron chi connectivity index (χ2n) is 5.83. The first-order chi connectivity index (χ1) is 13.6. The van der Waals surface area contributed by atoms with Gasteiger partial charge in [0.2, 0.25) is 0 Å². The summed E-state index contributed by atoms with van der Waals surface area (Å²) in [5, 5.41) is 5.02. The van der Waals surface area contributed by atoms with E-state index in [4.69, 9.17) is 16.3 Å². The molecule has 4 aromatic rings. The van der Waals surface area contributed by atoms with Crippen molar-refractivity contribution in [1.29, 1.82) is 0 Å². The second-order valence-corrected chi connectivity index (χ2v) is 6.27. The minimum absolute atomic E-state index is 0.253. The molecule has 0 saturated carbocycles. The zero-order valence-electron chi connectivity index (χ0n) is 14.7. The summed E-state index contributed by atoms with van der Waals surface area (Å²) in [4.78, 5) is 29.6. The third-order valence-corrected chi connectivity index (χ3v) is 4.35. The van der Waals surface area contributed by atoms with E-state index < -0.39 is 11.5 Å². The Morgan fingerprint density at radius 1 is 1.18 bits per heavy atom. The number of para-hydroxylation sites is 1. The Morgan fingerprint density at radius 2 is 2.00 bits per heavy atom. The van der Waals surface area contributed by atoms with Crippen LogP contribution in [0.4, 0.5) is 0 Å². The van der Waals surface area contributed by atoms with Gasteiger partial charge >= 0.3 is 0 Å².